The Bertz CT molecular complexity index is 1300. The summed E-state index contributed by atoms with van der Waals surface area (Å²) in [4.78, 5) is 12.5. The van der Waals surface area contributed by atoms with Gasteiger partial charge in [0, 0.05) is 11.1 Å². The number of hydrogen-bond acceptors (Lipinski definition) is 5. The molecule has 3 aromatic rings. The molecule has 0 fully saturated rings. The van der Waals surface area contributed by atoms with E-state index in [0.717, 1.165) is 16.7 Å². The number of anilines is 1. The predicted octanol–water partition coefficient (Wildman–Crippen LogP) is 4.13. The van der Waals surface area contributed by atoms with Crippen LogP contribution in [0.15, 0.2) is 71.8 Å². The third-order valence-electron chi connectivity index (χ3n) is 5.34. The van der Waals surface area contributed by atoms with E-state index in [1.807, 2.05) is 26.0 Å². The Morgan fingerprint density at radius 1 is 1.00 bits per heavy atom. The maximum absolute atomic E-state index is 12.5. The maximum Gasteiger partial charge on any atom is 0.271 e. The molecule has 8 heteroatoms. The average molecular weight is 466 g/mol. The van der Waals surface area contributed by atoms with Gasteiger partial charge in [-0.25, -0.2) is 13.8 Å². The molecule has 0 spiro atoms. The third-order valence-corrected chi connectivity index (χ3v) is 6.48. The quantitative estimate of drug-likeness (QED) is 0.405. The van der Waals surface area contributed by atoms with Crippen LogP contribution in [0.5, 0.6) is 5.75 Å². The zero-order valence-corrected chi connectivity index (χ0v) is 19.8. The number of aryl methyl sites for hydroxylation is 2. The molecule has 7 nitrogen and oxygen atoms in total. The SMILES string of the molecule is C/C(=N/NC(=O)c1ccc(CN(c2ccc(C)c(C)c2)S(C)(=O)=O)cc1)c1ccccc1O. The van der Waals surface area contributed by atoms with Crippen LogP contribution in [-0.2, 0) is 16.6 Å². The van der Waals surface area contributed by atoms with Crippen LogP contribution >= 0.6 is 0 Å². The number of amides is 1. The topological polar surface area (TPSA) is 99.1 Å². The molecule has 3 rings (SSSR count). The Hall–Kier alpha value is -3.65. The molecule has 172 valence electrons. The highest BCUT2D eigenvalue weighted by atomic mass is 32.2. The van der Waals surface area contributed by atoms with Crippen molar-refractivity contribution in [3.63, 3.8) is 0 Å². The van der Waals surface area contributed by atoms with Gasteiger partial charge in [-0.3, -0.25) is 9.10 Å². The fourth-order valence-electron chi connectivity index (χ4n) is 3.25. The lowest BCUT2D eigenvalue weighted by Crippen LogP contribution is -2.29. The number of carbonyl (C=O) groups is 1. The van der Waals surface area contributed by atoms with E-state index in [0.29, 0.717) is 22.5 Å². The first-order valence-electron chi connectivity index (χ1n) is 10.3. The first kappa shape index (κ1) is 24.0. The third kappa shape index (κ3) is 5.98. The molecule has 0 radical (unpaired) electrons. The minimum absolute atomic E-state index is 0.0801. The lowest BCUT2D eigenvalue weighted by atomic mass is 10.1. The monoisotopic (exact) mass is 465 g/mol. The summed E-state index contributed by atoms with van der Waals surface area (Å²) in [6, 6.07) is 18.9. The number of aromatic hydroxyl groups is 1. The number of carbonyl (C=O) groups excluding carboxylic acids is 1. The number of sulfonamides is 1. The largest absolute Gasteiger partial charge is 0.507 e. The Labute approximate surface area is 194 Å². The molecule has 0 aliphatic carbocycles. The number of nitrogens with one attached hydrogen (secondary N) is 1. The van der Waals surface area contributed by atoms with Gasteiger partial charge < -0.3 is 5.11 Å². The van der Waals surface area contributed by atoms with Gasteiger partial charge in [-0.05, 0) is 73.9 Å². The molecular weight excluding hydrogens is 438 g/mol. The summed E-state index contributed by atoms with van der Waals surface area (Å²) in [7, 11) is -3.50. The van der Waals surface area contributed by atoms with Crippen LogP contribution in [-0.4, -0.2) is 31.4 Å². The van der Waals surface area contributed by atoms with Gasteiger partial charge >= 0.3 is 0 Å². The van der Waals surface area contributed by atoms with Crippen LogP contribution in [0.3, 0.4) is 0 Å². The van der Waals surface area contributed by atoms with E-state index in [-0.39, 0.29) is 12.3 Å². The zero-order valence-electron chi connectivity index (χ0n) is 19.0. The van der Waals surface area contributed by atoms with Crippen LogP contribution in [0.2, 0.25) is 0 Å². The van der Waals surface area contributed by atoms with E-state index in [1.165, 1.54) is 10.6 Å². The highest BCUT2D eigenvalue weighted by molar-refractivity contribution is 7.92. The summed E-state index contributed by atoms with van der Waals surface area (Å²) < 4.78 is 26.2. The second-order valence-electron chi connectivity index (χ2n) is 7.89. The van der Waals surface area contributed by atoms with Crippen molar-refractivity contribution in [3.05, 3.63) is 94.5 Å². The zero-order chi connectivity index (χ0) is 24.2. The van der Waals surface area contributed by atoms with Gasteiger partial charge in [-0.15, -0.1) is 0 Å². The van der Waals surface area contributed by atoms with Gasteiger partial charge in [0.15, 0.2) is 0 Å². The average Bonchev–Trinajstić information content (AvgIpc) is 2.77. The van der Waals surface area contributed by atoms with Crippen LogP contribution < -0.4 is 9.73 Å². The van der Waals surface area contributed by atoms with Crippen molar-refractivity contribution in [1.82, 2.24) is 5.43 Å². The van der Waals surface area contributed by atoms with Crippen LogP contribution in [0.1, 0.15) is 39.5 Å². The Kier molecular flexibility index (Phi) is 7.18. The Morgan fingerprint density at radius 2 is 1.67 bits per heavy atom. The van der Waals surface area contributed by atoms with Crippen LogP contribution in [0.4, 0.5) is 5.69 Å². The summed E-state index contributed by atoms with van der Waals surface area (Å²) in [6.45, 7) is 5.75. The predicted molar refractivity (Wildman–Crippen MR) is 131 cm³/mol. The first-order valence-corrected chi connectivity index (χ1v) is 12.2. The van der Waals surface area contributed by atoms with Crippen LogP contribution in [0.25, 0.3) is 0 Å². The summed E-state index contributed by atoms with van der Waals surface area (Å²) >= 11 is 0. The number of para-hydroxylation sites is 1. The van der Waals surface area contributed by atoms with E-state index < -0.39 is 15.9 Å². The van der Waals surface area contributed by atoms with E-state index >= 15 is 0 Å². The molecule has 0 saturated heterocycles. The molecule has 3 aromatic carbocycles. The molecule has 2 N–H and O–H groups in total. The van der Waals surface area contributed by atoms with Gasteiger partial charge in [0.05, 0.1) is 24.2 Å². The van der Waals surface area contributed by atoms with Crippen molar-refractivity contribution in [3.8, 4) is 5.75 Å². The number of phenols is 1. The molecule has 0 aliphatic rings. The normalized spacial score (nSPS) is 11.8. The second-order valence-corrected chi connectivity index (χ2v) is 9.80. The van der Waals surface area contributed by atoms with Gasteiger partial charge in [0.1, 0.15) is 5.75 Å². The summed E-state index contributed by atoms with van der Waals surface area (Å²) in [5, 5.41) is 14.0. The number of benzene rings is 3. The smallest absolute Gasteiger partial charge is 0.271 e. The Morgan fingerprint density at radius 3 is 2.27 bits per heavy atom. The number of rotatable bonds is 7. The summed E-state index contributed by atoms with van der Waals surface area (Å²) in [6.07, 6.45) is 1.18. The lowest BCUT2D eigenvalue weighted by Gasteiger charge is -2.23. The number of hydrazone groups is 1. The molecule has 0 saturated carbocycles. The lowest BCUT2D eigenvalue weighted by molar-refractivity contribution is 0.0954. The molecule has 1 amide bonds. The van der Waals surface area contributed by atoms with Crippen molar-refractivity contribution in [1.29, 1.82) is 0 Å². The molecule has 0 heterocycles. The first-order chi connectivity index (χ1) is 15.6. The van der Waals surface area contributed by atoms with Gasteiger partial charge in [-0.1, -0.05) is 30.3 Å². The highest BCUT2D eigenvalue weighted by Gasteiger charge is 2.18. The number of nitrogens with zero attached hydrogens (tertiary/aromatic N) is 2. The molecule has 0 atom stereocenters. The molecule has 33 heavy (non-hydrogen) atoms. The minimum atomic E-state index is -3.50. The molecule has 0 aliphatic heterocycles. The minimum Gasteiger partial charge on any atom is -0.507 e. The van der Waals surface area contributed by atoms with Crippen molar-refractivity contribution in [2.45, 2.75) is 27.3 Å². The second kappa shape index (κ2) is 9.87. The van der Waals surface area contributed by atoms with Gasteiger partial charge in [-0.2, -0.15) is 5.10 Å². The van der Waals surface area contributed by atoms with E-state index in [4.69, 9.17) is 0 Å². The van der Waals surface area contributed by atoms with Crippen molar-refractivity contribution >= 4 is 27.3 Å². The summed E-state index contributed by atoms with van der Waals surface area (Å²) in [5.74, 6) is -0.331. The van der Waals surface area contributed by atoms with E-state index in [9.17, 15) is 18.3 Å². The van der Waals surface area contributed by atoms with Crippen LogP contribution in [0, 0.1) is 13.8 Å². The van der Waals surface area contributed by atoms with Gasteiger partial charge in [0.25, 0.3) is 5.91 Å². The summed E-state index contributed by atoms with van der Waals surface area (Å²) in [5.41, 5.74) is 7.28. The molecule has 0 unspecified atom stereocenters. The number of phenolic OH excluding ortho intramolecular Hbond substituents is 1. The van der Waals surface area contributed by atoms with Crippen molar-refractivity contribution in [2.24, 2.45) is 5.10 Å². The van der Waals surface area contributed by atoms with E-state index in [1.54, 1.807) is 61.5 Å². The molecule has 0 aromatic heterocycles. The highest BCUT2D eigenvalue weighted by Crippen LogP contribution is 2.23. The van der Waals surface area contributed by atoms with Crippen molar-refractivity contribution in [2.75, 3.05) is 10.6 Å². The van der Waals surface area contributed by atoms with Gasteiger partial charge in [0.2, 0.25) is 10.0 Å². The number of hydrogen-bond donors (Lipinski definition) is 2. The standard InChI is InChI=1S/C25H27N3O4S/c1-17-9-14-22(15-18(17)2)28(33(4,31)32)16-20-10-12-21(13-11-20)25(30)27-26-19(3)23-7-5-6-8-24(23)29/h5-15,29H,16H2,1-4H3,(H,27,30)/b26-19-. The molecule has 0 bridgehead atoms. The fourth-order valence-corrected chi connectivity index (χ4v) is 4.13. The molecular formula is C25H27N3O4S. The maximum atomic E-state index is 12.5. The van der Waals surface area contributed by atoms with Crippen molar-refractivity contribution < 1.29 is 18.3 Å². The van der Waals surface area contributed by atoms with E-state index in [2.05, 4.69) is 10.5 Å². The fraction of sp³-hybridized carbons (Fsp3) is 0.200. The Balaban J connectivity index is 1.74.